The molecule has 0 radical (unpaired) electrons. The SMILES string of the molecule is C.C.CC(C)(C)OC(=O)N(CCCl)CCCl.CC(C)(C)OC(=O)N1CCC2(CC1)C(=O)Nc1ccccc12.O=C1Cc2ccccc2N1.O=C1Nc2ccccc2C12CCNCC2. The first-order valence-electron chi connectivity index (χ1n) is 20.9. The Morgan fingerprint density at radius 1 is 0.651 bits per heavy atom. The number of hydrogen-bond donors (Lipinski definition) is 4. The van der Waals surface area contributed by atoms with Crippen molar-refractivity contribution >= 4 is 70.2 Å². The van der Waals surface area contributed by atoms with Gasteiger partial charge in [0.25, 0.3) is 0 Å². The number of ether oxygens (including phenoxy) is 2. The fourth-order valence-electron chi connectivity index (χ4n) is 7.98. The first kappa shape index (κ1) is 52.5. The van der Waals surface area contributed by atoms with Gasteiger partial charge in [-0.05, 0) is 115 Å². The summed E-state index contributed by atoms with van der Waals surface area (Å²) < 4.78 is 10.6. The Bertz CT molecular complexity index is 2000. The van der Waals surface area contributed by atoms with Gasteiger partial charge in [0.05, 0.1) is 17.3 Å². The molecule has 0 aromatic heterocycles. The van der Waals surface area contributed by atoms with E-state index in [0.29, 0.717) is 57.2 Å². The average Bonchev–Trinajstić information content (AvgIpc) is 3.82. The van der Waals surface area contributed by atoms with Gasteiger partial charge in [-0.25, -0.2) is 9.59 Å². The van der Waals surface area contributed by atoms with Crippen molar-refractivity contribution in [3.05, 3.63) is 89.5 Å². The number of anilines is 3. The summed E-state index contributed by atoms with van der Waals surface area (Å²) >= 11 is 11.1. The predicted molar refractivity (Wildman–Crippen MR) is 254 cm³/mol. The quantitative estimate of drug-likeness (QED) is 0.189. The van der Waals surface area contributed by atoms with Crippen LogP contribution in [0.2, 0.25) is 0 Å². The van der Waals surface area contributed by atoms with Crippen LogP contribution >= 0.6 is 23.2 Å². The summed E-state index contributed by atoms with van der Waals surface area (Å²) in [6, 6.07) is 23.6. The normalized spacial score (nSPS) is 17.1. The van der Waals surface area contributed by atoms with Crippen molar-refractivity contribution in [1.29, 1.82) is 0 Å². The van der Waals surface area contributed by atoms with E-state index in [0.717, 1.165) is 54.1 Å². The molecule has 5 heterocycles. The summed E-state index contributed by atoms with van der Waals surface area (Å²) in [7, 11) is 0. The first-order valence-corrected chi connectivity index (χ1v) is 22.0. The highest BCUT2D eigenvalue weighted by Gasteiger charge is 2.49. The number of likely N-dealkylation sites (tertiary alicyclic amines) is 1. The number of carbonyl (C=O) groups is 5. The van der Waals surface area contributed by atoms with E-state index in [9.17, 15) is 24.0 Å². The lowest BCUT2D eigenvalue weighted by molar-refractivity contribution is -0.123. The molecular weight excluding hydrogens is 843 g/mol. The van der Waals surface area contributed by atoms with E-state index in [2.05, 4.69) is 27.3 Å². The monoisotopic (exact) mass is 910 g/mol. The number of hydrogen-bond acceptors (Lipinski definition) is 8. The summed E-state index contributed by atoms with van der Waals surface area (Å²) in [5, 5.41) is 12.0. The van der Waals surface area contributed by atoms with Crippen LogP contribution in [0.25, 0.3) is 0 Å². The zero-order valence-corrected chi connectivity index (χ0v) is 37.6. The molecule has 5 amide bonds. The fraction of sp³-hybridized carbons (Fsp3) is 0.521. The second kappa shape index (κ2) is 22.7. The van der Waals surface area contributed by atoms with E-state index in [1.807, 2.05) is 108 Å². The minimum Gasteiger partial charge on any atom is -0.444 e. The van der Waals surface area contributed by atoms with Crippen LogP contribution in [0, 0.1) is 0 Å². The van der Waals surface area contributed by atoms with E-state index in [-0.39, 0.29) is 50.2 Å². The van der Waals surface area contributed by atoms with Crippen LogP contribution in [0.1, 0.15) is 98.8 Å². The Morgan fingerprint density at radius 3 is 1.56 bits per heavy atom. The maximum atomic E-state index is 12.5. The van der Waals surface area contributed by atoms with Gasteiger partial charge in [-0.2, -0.15) is 0 Å². The number of carbonyl (C=O) groups excluding carboxylic acids is 5. The molecule has 2 spiro atoms. The van der Waals surface area contributed by atoms with Crippen LogP contribution in [0.3, 0.4) is 0 Å². The Balaban J connectivity index is 0.000000230. The van der Waals surface area contributed by atoms with Crippen molar-refractivity contribution in [3.63, 3.8) is 0 Å². The first-order chi connectivity index (χ1) is 28.9. The van der Waals surface area contributed by atoms with Gasteiger partial charge in [0.15, 0.2) is 0 Å². The van der Waals surface area contributed by atoms with Gasteiger partial charge in [0.2, 0.25) is 17.7 Å². The van der Waals surface area contributed by atoms with Crippen LogP contribution in [0.15, 0.2) is 72.8 Å². The predicted octanol–water partition coefficient (Wildman–Crippen LogP) is 9.32. The Labute approximate surface area is 384 Å². The number of alkyl halides is 2. The summed E-state index contributed by atoms with van der Waals surface area (Å²) in [5.74, 6) is 1.11. The van der Waals surface area contributed by atoms with Crippen molar-refractivity contribution in [3.8, 4) is 0 Å². The molecule has 5 aliphatic rings. The van der Waals surface area contributed by atoms with Gasteiger partial charge < -0.3 is 40.5 Å². The van der Waals surface area contributed by atoms with Crippen LogP contribution in [-0.2, 0) is 41.1 Å². The minimum atomic E-state index is -0.496. The molecule has 2 fully saturated rings. The molecule has 5 aliphatic heterocycles. The van der Waals surface area contributed by atoms with Gasteiger partial charge in [-0.1, -0.05) is 69.5 Å². The number of nitrogens with one attached hydrogen (secondary N) is 4. The molecule has 0 unspecified atom stereocenters. The zero-order valence-electron chi connectivity index (χ0n) is 36.1. The standard InChI is InChI=1S/C17H22N2O3.C12H14N2O.C9H17Cl2NO2.C8H7NO.2CH4/c1-16(2,3)22-15(21)19-10-8-17(9-11-19)12-6-4-5-7-13(12)18-14(17)20;15-11-12(5-7-13-8-6-12)9-3-1-2-4-10(9)14-11;1-9(2,3)14-8(13)12(6-4-10)7-5-11;10-8-5-6-3-1-2-4-7(6)9-8;;/h4-7H,8-11H2,1-3H3,(H,18,20);1-4,13H,5-8H2,(H,14,15);4-7H2,1-3H3;1-4H,5H2,(H,9,10);2*1H4. The number of piperidine rings is 2. The molecule has 4 N–H and O–H groups in total. The van der Waals surface area contributed by atoms with Gasteiger partial charge >= 0.3 is 12.2 Å². The molecule has 13 nitrogen and oxygen atoms in total. The molecule has 3 aromatic rings. The fourth-order valence-corrected chi connectivity index (χ4v) is 8.39. The highest BCUT2D eigenvalue weighted by molar-refractivity contribution is 6.18. The molecule has 2 saturated heterocycles. The zero-order chi connectivity index (χ0) is 44.4. The Hall–Kier alpha value is -4.85. The molecule has 0 atom stereocenters. The maximum absolute atomic E-state index is 12.5. The Morgan fingerprint density at radius 2 is 1.10 bits per heavy atom. The summed E-state index contributed by atoms with van der Waals surface area (Å²) in [6.07, 6.45) is 2.97. The van der Waals surface area contributed by atoms with Crippen LogP contribution in [0.4, 0.5) is 26.7 Å². The van der Waals surface area contributed by atoms with Gasteiger partial charge in [0.1, 0.15) is 11.2 Å². The highest BCUT2D eigenvalue weighted by Crippen LogP contribution is 2.45. The molecule has 346 valence electrons. The third-order valence-electron chi connectivity index (χ3n) is 11.0. The minimum absolute atomic E-state index is 0. The molecule has 8 rings (SSSR count). The Kier molecular flexibility index (Phi) is 18.9. The van der Waals surface area contributed by atoms with E-state index in [4.69, 9.17) is 32.7 Å². The van der Waals surface area contributed by atoms with Crippen LogP contribution in [0.5, 0.6) is 0 Å². The number of halogens is 2. The number of benzene rings is 3. The molecule has 3 aromatic carbocycles. The maximum Gasteiger partial charge on any atom is 0.410 e. The molecule has 63 heavy (non-hydrogen) atoms. The van der Waals surface area contributed by atoms with Crippen LogP contribution < -0.4 is 21.3 Å². The van der Waals surface area contributed by atoms with E-state index in [1.54, 1.807) is 4.90 Å². The lowest BCUT2D eigenvalue weighted by Gasteiger charge is -2.38. The highest BCUT2D eigenvalue weighted by atomic mass is 35.5. The van der Waals surface area contributed by atoms with E-state index >= 15 is 0 Å². The topological polar surface area (TPSA) is 158 Å². The molecular formula is C48H68Cl2N6O7. The molecule has 15 heteroatoms. The van der Waals surface area contributed by atoms with Crippen LogP contribution in [-0.4, -0.2) is 102 Å². The lowest BCUT2D eigenvalue weighted by atomic mass is 9.74. The number of amides is 5. The molecule has 0 aliphatic carbocycles. The van der Waals surface area contributed by atoms with E-state index in [1.165, 1.54) is 10.5 Å². The van der Waals surface area contributed by atoms with Crippen molar-refractivity contribution in [2.24, 2.45) is 0 Å². The smallest absolute Gasteiger partial charge is 0.410 e. The number of para-hydroxylation sites is 3. The van der Waals surface area contributed by atoms with Gasteiger partial charge in [0, 0.05) is 55.0 Å². The summed E-state index contributed by atoms with van der Waals surface area (Å²) in [4.78, 5) is 62.2. The third-order valence-corrected chi connectivity index (χ3v) is 11.3. The second-order valence-electron chi connectivity index (χ2n) is 17.6. The summed E-state index contributed by atoms with van der Waals surface area (Å²) in [5.41, 5.74) is 4.51. The average molecular weight is 912 g/mol. The molecule has 0 bridgehead atoms. The van der Waals surface area contributed by atoms with Gasteiger partial charge in [-0.3, -0.25) is 14.4 Å². The van der Waals surface area contributed by atoms with Gasteiger partial charge in [-0.15, -0.1) is 23.2 Å². The summed E-state index contributed by atoms with van der Waals surface area (Å²) in [6.45, 7) is 14.9. The largest absolute Gasteiger partial charge is 0.444 e. The third kappa shape index (κ3) is 13.3. The van der Waals surface area contributed by atoms with Crippen molar-refractivity contribution < 1.29 is 33.4 Å². The van der Waals surface area contributed by atoms with Crippen molar-refractivity contribution in [2.45, 2.75) is 111 Å². The number of rotatable bonds is 4. The van der Waals surface area contributed by atoms with Crippen molar-refractivity contribution in [2.75, 3.05) is 67.0 Å². The van der Waals surface area contributed by atoms with Crippen molar-refractivity contribution in [1.82, 2.24) is 15.1 Å². The number of fused-ring (bicyclic) bond motifs is 5. The lowest BCUT2D eigenvalue weighted by Crippen LogP contribution is -2.49. The van der Waals surface area contributed by atoms with E-state index < -0.39 is 16.6 Å². The molecule has 0 saturated carbocycles. The second-order valence-corrected chi connectivity index (χ2v) is 18.4. The number of nitrogens with zero attached hydrogens (tertiary/aromatic N) is 2.